The van der Waals surface area contributed by atoms with E-state index < -0.39 is 6.36 Å². The van der Waals surface area contributed by atoms with Gasteiger partial charge in [-0.3, -0.25) is 0 Å². The SMILES string of the molecule is CC1CC(NC(C)c2ccccc2OC(F)(F)F)CC(C)O1. The van der Waals surface area contributed by atoms with Crippen LogP contribution in [0.2, 0.25) is 0 Å². The van der Waals surface area contributed by atoms with Gasteiger partial charge in [0.25, 0.3) is 0 Å². The molecular formula is C16H22F3NO2. The average Bonchev–Trinajstić information content (AvgIpc) is 2.35. The topological polar surface area (TPSA) is 30.5 Å². The van der Waals surface area contributed by atoms with Gasteiger partial charge in [0.1, 0.15) is 5.75 Å². The van der Waals surface area contributed by atoms with Crippen molar-refractivity contribution in [3.63, 3.8) is 0 Å². The Morgan fingerprint density at radius 2 is 1.77 bits per heavy atom. The molecule has 3 atom stereocenters. The summed E-state index contributed by atoms with van der Waals surface area (Å²) in [6, 6.07) is 6.23. The minimum Gasteiger partial charge on any atom is -0.405 e. The number of para-hydroxylation sites is 1. The van der Waals surface area contributed by atoms with Crippen LogP contribution in [-0.4, -0.2) is 24.6 Å². The minimum atomic E-state index is -4.68. The van der Waals surface area contributed by atoms with Crippen molar-refractivity contribution in [1.82, 2.24) is 5.32 Å². The van der Waals surface area contributed by atoms with Crippen LogP contribution < -0.4 is 10.1 Å². The van der Waals surface area contributed by atoms with Crippen LogP contribution in [-0.2, 0) is 4.74 Å². The van der Waals surface area contributed by atoms with Crippen molar-refractivity contribution in [1.29, 1.82) is 0 Å². The summed E-state index contributed by atoms with van der Waals surface area (Å²) in [6.45, 7) is 5.87. The van der Waals surface area contributed by atoms with E-state index in [1.165, 1.54) is 12.1 Å². The molecule has 0 saturated carbocycles. The van der Waals surface area contributed by atoms with Gasteiger partial charge in [0, 0.05) is 17.6 Å². The molecule has 1 heterocycles. The van der Waals surface area contributed by atoms with Gasteiger partial charge >= 0.3 is 6.36 Å². The second-order valence-electron chi connectivity index (χ2n) is 5.90. The molecule has 1 aliphatic heterocycles. The first-order valence-electron chi connectivity index (χ1n) is 7.51. The van der Waals surface area contributed by atoms with Gasteiger partial charge in [-0.2, -0.15) is 0 Å². The molecule has 6 heteroatoms. The highest BCUT2D eigenvalue weighted by Gasteiger charge is 2.33. The highest BCUT2D eigenvalue weighted by molar-refractivity contribution is 5.35. The Kier molecular flexibility index (Phi) is 5.34. The Morgan fingerprint density at radius 1 is 1.18 bits per heavy atom. The number of rotatable bonds is 4. The van der Waals surface area contributed by atoms with E-state index in [1.807, 2.05) is 20.8 Å². The second-order valence-corrected chi connectivity index (χ2v) is 5.90. The summed E-state index contributed by atoms with van der Waals surface area (Å²) in [4.78, 5) is 0. The van der Waals surface area contributed by atoms with E-state index in [0.717, 1.165) is 12.8 Å². The molecule has 3 nitrogen and oxygen atoms in total. The predicted molar refractivity (Wildman–Crippen MR) is 77.7 cm³/mol. The summed E-state index contributed by atoms with van der Waals surface area (Å²) in [5.74, 6) is -0.150. The van der Waals surface area contributed by atoms with Gasteiger partial charge in [-0.15, -0.1) is 13.2 Å². The molecule has 3 unspecified atom stereocenters. The first-order valence-corrected chi connectivity index (χ1v) is 7.51. The molecule has 22 heavy (non-hydrogen) atoms. The number of nitrogens with one attached hydrogen (secondary N) is 1. The smallest absolute Gasteiger partial charge is 0.405 e. The molecule has 1 fully saturated rings. The van der Waals surface area contributed by atoms with Crippen LogP contribution in [0, 0.1) is 0 Å². The standard InChI is InChI=1S/C16H22F3NO2/c1-10-8-13(9-11(2)21-10)20-12(3)14-6-4-5-7-15(14)22-16(17,18)19/h4-7,10-13,20H,8-9H2,1-3H3. The van der Waals surface area contributed by atoms with Crippen LogP contribution in [0.3, 0.4) is 0 Å². The maximum absolute atomic E-state index is 12.5. The lowest BCUT2D eigenvalue weighted by Crippen LogP contribution is -2.42. The molecule has 0 radical (unpaired) electrons. The summed E-state index contributed by atoms with van der Waals surface area (Å²) in [7, 11) is 0. The number of hydrogen-bond acceptors (Lipinski definition) is 3. The van der Waals surface area contributed by atoms with E-state index in [9.17, 15) is 13.2 Å². The summed E-state index contributed by atoms with van der Waals surface area (Å²) in [6.07, 6.45) is -2.70. The van der Waals surface area contributed by atoms with Crippen molar-refractivity contribution in [2.24, 2.45) is 0 Å². The number of benzene rings is 1. The molecule has 1 aromatic rings. The maximum atomic E-state index is 12.5. The van der Waals surface area contributed by atoms with E-state index in [2.05, 4.69) is 10.1 Å². The van der Waals surface area contributed by atoms with E-state index in [4.69, 9.17) is 4.74 Å². The lowest BCUT2D eigenvalue weighted by atomic mass is 9.97. The molecule has 124 valence electrons. The van der Waals surface area contributed by atoms with Crippen molar-refractivity contribution in [2.45, 2.75) is 64.3 Å². The van der Waals surface area contributed by atoms with Gasteiger partial charge < -0.3 is 14.8 Å². The van der Waals surface area contributed by atoms with E-state index in [1.54, 1.807) is 12.1 Å². The Labute approximate surface area is 128 Å². The first kappa shape index (κ1) is 17.1. The Morgan fingerprint density at radius 3 is 2.36 bits per heavy atom. The minimum absolute atomic E-state index is 0.148. The van der Waals surface area contributed by atoms with Gasteiger partial charge in [0.15, 0.2) is 0 Å². The monoisotopic (exact) mass is 317 g/mol. The Balaban J connectivity index is 2.07. The number of halogens is 3. The average molecular weight is 317 g/mol. The highest BCUT2D eigenvalue weighted by atomic mass is 19.4. The zero-order chi connectivity index (χ0) is 16.3. The number of hydrogen-bond donors (Lipinski definition) is 1. The van der Waals surface area contributed by atoms with Gasteiger partial charge in [0.2, 0.25) is 0 Å². The third-order valence-electron chi connectivity index (χ3n) is 3.79. The van der Waals surface area contributed by atoms with Gasteiger partial charge in [-0.05, 0) is 39.7 Å². The second kappa shape index (κ2) is 6.87. The first-order chi connectivity index (χ1) is 10.2. The van der Waals surface area contributed by atoms with Crippen molar-refractivity contribution in [2.75, 3.05) is 0 Å². The van der Waals surface area contributed by atoms with Crippen LogP contribution in [0.4, 0.5) is 13.2 Å². The van der Waals surface area contributed by atoms with Crippen LogP contribution in [0.5, 0.6) is 5.75 Å². The quantitative estimate of drug-likeness (QED) is 0.903. The van der Waals surface area contributed by atoms with Gasteiger partial charge in [-0.1, -0.05) is 18.2 Å². The lowest BCUT2D eigenvalue weighted by molar-refractivity contribution is -0.275. The van der Waals surface area contributed by atoms with E-state index >= 15 is 0 Å². The molecule has 0 aromatic heterocycles. The third-order valence-corrected chi connectivity index (χ3v) is 3.79. The summed E-state index contributed by atoms with van der Waals surface area (Å²) in [5.41, 5.74) is 0.506. The van der Waals surface area contributed by atoms with Crippen LogP contribution in [0.25, 0.3) is 0 Å². The molecule has 1 saturated heterocycles. The molecule has 0 aliphatic carbocycles. The summed E-state index contributed by atoms with van der Waals surface area (Å²) in [5, 5.41) is 3.39. The van der Waals surface area contributed by atoms with E-state index in [-0.39, 0.29) is 30.0 Å². The van der Waals surface area contributed by atoms with Gasteiger partial charge in [0.05, 0.1) is 12.2 Å². The maximum Gasteiger partial charge on any atom is 0.573 e. The molecule has 0 spiro atoms. The van der Waals surface area contributed by atoms with Crippen molar-refractivity contribution in [3.05, 3.63) is 29.8 Å². The third kappa shape index (κ3) is 4.88. The Hall–Kier alpha value is -1.27. The number of alkyl halides is 3. The normalized spacial score (nSPS) is 27.5. The molecule has 2 rings (SSSR count). The molecular weight excluding hydrogens is 295 g/mol. The fourth-order valence-electron chi connectivity index (χ4n) is 3.04. The summed E-state index contributed by atoms with van der Waals surface area (Å²) < 4.78 is 47.3. The Bertz CT molecular complexity index is 483. The van der Waals surface area contributed by atoms with Crippen molar-refractivity contribution in [3.8, 4) is 5.75 Å². The van der Waals surface area contributed by atoms with Crippen molar-refractivity contribution >= 4 is 0 Å². The van der Waals surface area contributed by atoms with Crippen molar-refractivity contribution < 1.29 is 22.6 Å². The molecule has 0 bridgehead atoms. The fourth-order valence-corrected chi connectivity index (χ4v) is 3.04. The fraction of sp³-hybridized carbons (Fsp3) is 0.625. The predicted octanol–water partition coefficient (Wildman–Crippen LogP) is 4.19. The highest BCUT2D eigenvalue weighted by Crippen LogP contribution is 2.31. The van der Waals surface area contributed by atoms with Crippen LogP contribution >= 0.6 is 0 Å². The summed E-state index contributed by atoms with van der Waals surface area (Å²) >= 11 is 0. The lowest BCUT2D eigenvalue weighted by Gasteiger charge is -2.34. The number of ether oxygens (including phenoxy) is 2. The van der Waals surface area contributed by atoms with Crippen LogP contribution in [0.1, 0.15) is 45.2 Å². The zero-order valence-electron chi connectivity index (χ0n) is 13.0. The molecule has 1 N–H and O–H groups in total. The largest absolute Gasteiger partial charge is 0.573 e. The zero-order valence-corrected chi connectivity index (χ0v) is 13.0. The van der Waals surface area contributed by atoms with E-state index in [0.29, 0.717) is 5.56 Å². The van der Waals surface area contributed by atoms with Gasteiger partial charge in [-0.25, -0.2) is 0 Å². The van der Waals surface area contributed by atoms with Crippen LogP contribution in [0.15, 0.2) is 24.3 Å². The molecule has 1 aliphatic rings. The molecule has 1 aromatic carbocycles. The molecule has 0 amide bonds.